The van der Waals surface area contributed by atoms with Crippen LogP contribution in [0, 0.1) is 0 Å². The number of hydrogen-bond acceptors (Lipinski definition) is 3. The van der Waals surface area contributed by atoms with E-state index in [1.54, 1.807) is 36.4 Å². The van der Waals surface area contributed by atoms with Crippen molar-refractivity contribution in [3.05, 3.63) is 62.5 Å². The van der Waals surface area contributed by atoms with Gasteiger partial charge >= 0.3 is 6.61 Å². The Labute approximate surface area is 165 Å². The van der Waals surface area contributed by atoms with Gasteiger partial charge in [-0.2, -0.15) is 8.78 Å². The van der Waals surface area contributed by atoms with E-state index in [-0.39, 0.29) is 18.8 Å². The van der Waals surface area contributed by atoms with Gasteiger partial charge in [0.1, 0.15) is 5.75 Å². The molecule has 0 spiro atoms. The van der Waals surface area contributed by atoms with Crippen LogP contribution in [-0.2, 0) is 11.3 Å². The highest BCUT2D eigenvalue weighted by Crippen LogP contribution is 2.24. The number of carbonyl (C=O) groups excluding carboxylic acids is 2. The number of carbonyl (C=O) groups is 2. The molecule has 0 aliphatic heterocycles. The fraction of sp³-hybridized carbons (Fsp3) is 0.176. The molecule has 0 unspecified atom stereocenters. The van der Waals surface area contributed by atoms with Gasteiger partial charge in [-0.1, -0.05) is 37.9 Å². The molecule has 0 aromatic heterocycles. The van der Waals surface area contributed by atoms with Gasteiger partial charge < -0.3 is 15.4 Å². The predicted molar refractivity (Wildman–Crippen MR) is 99.1 cm³/mol. The van der Waals surface area contributed by atoms with Gasteiger partial charge in [-0.3, -0.25) is 9.59 Å². The summed E-state index contributed by atoms with van der Waals surface area (Å²) >= 11 is 6.50. The lowest BCUT2D eigenvalue weighted by Crippen LogP contribution is -2.36. The van der Waals surface area contributed by atoms with Gasteiger partial charge in [-0.05, 0) is 36.4 Å². The lowest BCUT2D eigenvalue weighted by molar-refractivity contribution is -0.120. The zero-order chi connectivity index (χ0) is 19.1. The highest BCUT2D eigenvalue weighted by atomic mass is 79.9. The summed E-state index contributed by atoms with van der Waals surface area (Å²) in [6.45, 7) is -3.23. The van der Waals surface area contributed by atoms with Crippen LogP contribution in [0.5, 0.6) is 5.75 Å². The molecule has 0 aliphatic carbocycles. The summed E-state index contributed by atoms with van der Waals surface area (Å²) in [4.78, 5) is 23.9. The zero-order valence-corrected chi connectivity index (χ0v) is 16.4. The fourth-order valence-electron chi connectivity index (χ4n) is 2.05. The topological polar surface area (TPSA) is 67.4 Å². The van der Waals surface area contributed by atoms with Crippen LogP contribution in [0.4, 0.5) is 8.78 Å². The van der Waals surface area contributed by atoms with E-state index >= 15 is 0 Å². The maximum absolute atomic E-state index is 12.4. The highest BCUT2D eigenvalue weighted by molar-refractivity contribution is 9.10. The fourth-order valence-corrected chi connectivity index (χ4v) is 2.85. The molecule has 138 valence electrons. The summed E-state index contributed by atoms with van der Waals surface area (Å²) in [6.07, 6.45) is 0. The Hall–Kier alpha value is -2.00. The van der Waals surface area contributed by atoms with Gasteiger partial charge in [0.05, 0.1) is 6.54 Å². The lowest BCUT2D eigenvalue weighted by Gasteiger charge is -2.12. The van der Waals surface area contributed by atoms with Crippen LogP contribution in [0.1, 0.15) is 15.9 Å². The standard InChI is InChI=1S/C17H14Br2F2N2O3/c18-12-3-1-2-10(6-12)16(25)23-9-15(24)22-8-11-7-13(19)4-5-14(11)26-17(20)21/h1-7,17H,8-9H2,(H,22,24)(H,23,25). The SMILES string of the molecule is O=C(CNC(=O)c1cccc(Br)c1)NCc1cc(Br)ccc1OC(F)F. The molecule has 2 rings (SSSR count). The van der Waals surface area contributed by atoms with Crippen molar-refractivity contribution < 1.29 is 23.1 Å². The minimum absolute atomic E-state index is 0.0208. The maximum Gasteiger partial charge on any atom is 0.387 e. The molecule has 0 bridgehead atoms. The van der Waals surface area contributed by atoms with Gasteiger partial charge in [-0.25, -0.2) is 0 Å². The van der Waals surface area contributed by atoms with Crippen LogP contribution in [0.3, 0.4) is 0 Å². The number of amides is 2. The smallest absolute Gasteiger partial charge is 0.387 e. The quantitative estimate of drug-likeness (QED) is 0.618. The molecule has 0 saturated carbocycles. The zero-order valence-electron chi connectivity index (χ0n) is 13.3. The third kappa shape index (κ3) is 6.38. The van der Waals surface area contributed by atoms with Crippen LogP contribution in [-0.4, -0.2) is 25.0 Å². The number of hydrogen-bond donors (Lipinski definition) is 2. The van der Waals surface area contributed by atoms with Crippen molar-refractivity contribution >= 4 is 43.7 Å². The Morgan fingerprint density at radius 2 is 1.77 bits per heavy atom. The molecule has 0 heterocycles. The summed E-state index contributed by atoms with van der Waals surface area (Å²) in [7, 11) is 0. The Kier molecular flexibility index (Phi) is 7.52. The van der Waals surface area contributed by atoms with Crippen LogP contribution in [0.15, 0.2) is 51.4 Å². The third-order valence-electron chi connectivity index (χ3n) is 3.21. The molecule has 0 atom stereocenters. The first-order valence-corrected chi connectivity index (χ1v) is 8.97. The summed E-state index contributed by atoms with van der Waals surface area (Å²) in [5.41, 5.74) is 0.790. The van der Waals surface area contributed by atoms with Gasteiger partial charge in [-0.15, -0.1) is 0 Å². The normalized spacial score (nSPS) is 10.5. The second-order valence-corrected chi connectivity index (χ2v) is 6.93. The van der Waals surface area contributed by atoms with Gasteiger partial charge in [0.2, 0.25) is 5.91 Å². The number of ether oxygens (including phenoxy) is 1. The number of benzene rings is 2. The van der Waals surface area contributed by atoms with Crippen molar-refractivity contribution in [3.8, 4) is 5.75 Å². The minimum Gasteiger partial charge on any atom is -0.434 e. The molecule has 9 heteroatoms. The van der Waals surface area contributed by atoms with E-state index < -0.39 is 18.4 Å². The first-order valence-electron chi connectivity index (χ1n) is 7.39. The lowest BCUT2D eigenvalue weighted by atomic mass is 10.2. The van der Waals surface area contributed by atoms with Crippen molar-refractivity contribution in [1.29, 1.82) is 0 Å². The summed E-state index contributed by atoms with van der Waals surface area (Å²) in [5, 5.41) is 5.04. The first kappa shape index (κ1) is 20.3. The number of rotatable bonds is 7. The molecule has 2 aromatic carbocycles. The van der Waals surface area contributed by atoms with E-state index in [4.69, 9.17) is 0 Å². The Balaban J connectivity index is 1.89. The van der Waals surface area contributed by atoms with E-state index in [1.807, 2.05) is 0 Å². The van der Waals surface area contributed by atoms with E-state index in [9.17, 15) is 18.4 Å². The van der Waals surface area contributed by atoms with Crippen molar-refractivity contribution in [2.75, 3.05) is 6.54 Å². The van der Waals surface area contributed by atoms with E-state index in [1.165, 1.54) is 6.07 Å². The highest BCUT2D eigenvalue weighted by Gasteiger charge is 2.12. The second-order valence-electron chi connectivity index (χ2n) is 5.10. The van der Waals surface area contributed by atoms with Crippen LogP contribution >= 0.6 is 31.9 Å². The largest absolute Gasteiger partial charge is 0.434 e. The van der Waals surface area contributed by atoms with Crippen molar-refractivity contribution in [3.63, 3.8) is 0 Å². The molecule has 2 N–H and O–H groups in total. The van der Waals surface area contributed by atoms with Gasteiger partial charge in [0, 0.05) is 26.6 Å². The van der Waals surface area contributed by atoms with Gasteiger partial charge in [0.25, 0.3) is 5.91 Å². The van der Waals surface area contributed by atoms with E-state index in [0.717, 1.165) is 4.47 Å². The second kappa shape index (κ2) is 9.63. The summed E-state index contributed by atoms with van der Waals surface area (Å²) in [5.74, 6) is -0.886. The van der Waals surface area contributed by atoms with Crippen LogP contribution in [0.25, 0.3) is 0 Å². The van der Waals surface area contributed by atoms with Crippen molar-refractivity contribution in [1.82, 2.24) is 10.6 Å². The monoisotopic (exact) mass is 490 g/mol. The first-order chi connectivity index (χ1) is 12.3. The number of nitrogens with one attached hydrogen (secondary N) is 2. The molecule has 0 saturated heterocycles. The molecular weight excluding hydrogens is 478 g/mol. The molecule has 2 aromatic rings. The minimum atomic E-state index is -2.96. The molecule has 26 heavy (non-hydrogen) atoms. The predicted octanol–water partition coefficient (Wildman–Crippen LogP) is 3.86. The van der Waals surface area contributed by atoms with E-state index in [2.05, 4.69) is 47.2 Å². The molecule has 5 nitrogen and oxygen atoms in total. The Morgan fingerprint density at radius 1 is 1.04 bits per heavy atom. The summed E-state index contributed by atoms with van der Waals surface area (Å²) < 4.78 is 30.7. The molecular formula is C17H14Br2F2N2O3. The maximum atomic E-state index is 12.4. The van der Waals surface area contributed by atoms with Crippen molar-refractivity contribution in [2.45, 2.75) is 13.2 Å². The molecule has 2 amide bonds. The van der Waals surface area contributed by atoms with Gasteiger partial charge in [0.15, 0.2) is 0 Å². The van der Waals surface area contributed by atoms with E-state index in [0.29, 0.717) is 15.6 Å². The van der Waals surface area contributed by atoms with Crippen LogP contribution < -0.4 is 15.4 Å². The molecule has 0 radical (unpaired) electrons. The summed E-state index contributed by atoms with van der Waals surface area (Å²) in [6, 6.07) is 11.2. The Bertz CT molecular complexity index is 803. The van der Waals surface area contributed by atoms with Crippen molar-refractivity contribution in [2.24, 2.45) is 0 Å². The number of alkyl halides is 2. The number of halogens is 4. The Morgan fingerprint density at radius 3 is 2.46 bits per heavy atom. The average Bonchev–Trinajstić information content (AvgIpc) is 2.59. The third-order valence-corrected chi connectivity index (χ3v) is 4.20. The molecule has 0 fully saturated rings. The molecule has 0 aliphatic rings. The average molecular weight is 492 g/mol. The van der Waals surface area contributed by atoms with Crippen LogP contribution in [0.2, 0.25) is 0 Å².